The molecular weight excluding hydrogens is 196 g/mol. The molecule has 1 atom stereocenters. The molecule has 0 aromatic carbocycles. The molecule has 4 nitrogen and oxygen atoms in total. The Balaban J connectivity index is 3.91. The second-order valence-corrected chi connectivity index (χ2v) is 4.05. The number of carbonyl (C=O) groups is 2. The number of esters is 1. The lowest BCUT2D eigenvalue weighted by Gasteiger charge is -2.14. The molecule has 0 radical (unpaired) electrons. The molecule has 0 bridgehead atoms. The van der Waals surface area contributed by atoms with Gasteiger partial charge in [0.05, 0.1) is 6.10 Å². The van der Waals surface area contributed by atoms with Gasteiger partial charge in [0.2, 0.25) is 0 Å². The quantitative estimate of drug-likeness (QED) is 0.632. The number of hydrogen-bond acceptors (Lipinski definition) is 4. The Bertz CT molecular complexity index is 221. The third-order valence-corrected chi connectivity index (χ3v) is 1.81. The average Bonchev–Trinajstić information content (AvgIpc) is 2.13. The lowest BCUT2D eigenvalue weighted by molar-refractivity contribution is -0.160. The van der Waals surface area contributed by atoms with Gasteiger partial charge in [-0.2, -0.15) is 0 Å². The van der Waals surface area contributed by atoms with Gasteiger partial charge in [0.1, 0.15) is 6.61 Å². The molecule has 0 amide bonds. The summed E-state index contributed by atoms with van der Waals surface area (Å²) in [6.45, 7) is 8.68. The largest absolute Gasteiger partial charge is 0.453 e. The van der Waals surface area contributed by atoms with Crippen LogP contribution in [-0.4, -0.2) is 30.6 Å². The Hall–Kier alpha value is -0.900. The average molecular weight is 216 g/mol. The van der Waals surface area contributed by atoms with Crippen LogP contribution in [0.1, 0.15) is 34.6 Å². The van der Waals surface area contributed by atoms with E-state index in [1.807, 2.05) is 13.8 Å². The Morgan fingerprint density at radius 1 is 1.07 bits per heavy atom. The molecule has 4 heteroatoms. The van der Waals surface area contributed by atoms with Crippen LogP contribution in [0.2, 0.25) is 0 Å². The van der Waals surface area contributed by atoms with E-state index in [2.05, 4.69) is 0 Å². The van der Waals surface area contributed by atoms with Crippen LogP contribution in [0.25, 0.3) is 0 Å². The number of ketones is 1. The van der Waals surface area contributed by atoms with Crippen molar-refractivity contribution in [3.05, 3.63) is 0 Å². The van der Waals surface area contributed by atoms with Gasteiger partial charge in [0.15, 0.2) is 11.9 Å². The molecule has 1 unspecified atom stereocenters. The van der Waals surface area contributed by atoms with E-state index in [1.165, 1.54) is 0 Å². The van der Waals surface area contributed by atoms with Crippen molar-refractivity contribution in [3.8, 4) is 0 Å². The first-order valence-electron chi connectivity index (χ1n) is 5.19. The molecule has 0 aromatic heterocycles. The topological polar surface area (TPSA) is 52.6 Å². The Morgan fingerprint density at radius 2 is 1.60 bits per heavy atom. The van der Waals surface area contributed by atoms with E-state index < -0.39 is 12.1 Å². The van der Waals surface area contributed by atoms with Crippen molar-refractivity contribution >= 4 is 11.8 Å². The third kappa shape index (κ3) is 6.23. The summed E-state index contributed by atoms with van der Waals surface area (Å²) in [6.07, 6.45) is -0.707. The monoisotopic (exact) mass is 216 g/mol. The predicted octanol–water partition coefficient (Wildman–Crippen LogP) is 1.57. The van der Waals surface area contributed by atoms with Crippen LogP contribution in [0.15, 0.2) is 0 Å². The molecule has 0 fully saturated rings. The van der Waals surface area contributed by atoms with Crippen LogP contribution >= 0.6 is 0 Å². The maximum Gasteiger partial charge on any atom is 0.332 e. The van der Waals surface area contributed by atoms with Gasteiger partial charge in [-0.25, -0.2) is 4.79 Å². The van der Waals surface area contributed by atoms with Crippen molar-refractivity contribution in [2.24, 2.45) is 5.92 Å². The molecule has 0 N–H and O–H groups in total. The summed E-state index contributed by atoms with van der Waals surface area (Å²) < 4.78 is 9.97. The summed E-state index contributed by atoms with van der Waals surface area (Å²) in [5.41, 5.74) is 0. The maximum atomic E-state index is 11.4. The summed E-state index contributed by atoms with van der Waals surface area (Å²) in [4.78, 5) is 22.6. The number of hydrogen-bond donors (Lipinski definition) is 0. The lowest BCUT2D eigenvalue weighted by Crippen LogP contribution is -2.29. The van der Waals surface area contributed by atoms with Gasteiger partial charge < -0.3 is 9.47 Å². The molecule has 0 aliphatic heterocycles. The second kappa shape index (κ2) is 6.56. The predicted molar refractivity (Wildman–Crippen MR) is 56.5 cm³/mol. The molecule has 0 saturated heterocycles. The van der Waals surface area contributed by atoms with E-state index in [9.17, 15) is 9.59 Å². The zero-order chi connectivity index (χ0) is 12.0. The van der Waals surface area contributed by atoms with Crippen LogP contribution in [0.3, 0.4) is 0 Å². The summed E-state index contributed by atoms with van der Waals surface area (Å²) in [7, 11) is 0. The fourth-order valence-electron chi connectivity index (χ4n) is 0.993. The minimum Gasteiger partial charge on any atom is -0.453 e. The Kier molecular flexibility index (Phi) is 6.17. The van der Waals surface area contributed by atoms with Crippen LogP contribution in [-0.2, 0) is 19.1 Å². The van der Waals surface area contributed by atoms with Crippen molar-refractivity contribution in [1.82, 2.24) is 0 Å². The normalized spacial score (nSPS) is 13.0. The van der Waals surface area contributed by atoms with Gasteiger partial charge in [-0.3, -0.25) is 4.79 Å². The minimum absolute atomic E-state index is 0.0198. The number of Topliss-reactive ketones (excluding diaryl/α,β-unsaturated/α-hetero) is 1. The lowest BCUT2D eigenvalue weighted by atomic mass is 10.1. The van der Waals surface area contributed by atoms with E-state index in [4.69, 9.17) is 9.47 Å². The Labute approximate surface area is 90.9 Å². The SMILES string of the molecule is CC(C)OCC(=O)OC(C)C(=O)C(C)C. The molecule has 0 aromatic rings. The molecule has 0 heterocycles. The van der Waals surface area contributed by atoms with E-state index in [1.54, 1.807) is 20.8 Å². The van der Waals surface area contributed by atoms with E-state index in [-0.39, 0.29) is 24.4 Å². The molecule has 0 rings (SSSR count). The molecule has 88 valence electrons. The van der Waals surface area contributed by atoms with Gasteiger partial charge in [-0.1, -0.05) is 13.8 Å². The van der Waals surface area contributed by atoms with Crippen LogP contribution in [0.4, 0.5) is 0 Å². The molecular formula is C11H20O4. The zero-order valence-corrected chi connectivity index (χ0v) is 10.1. The van der Waals surface area contributed by atoms with Crippen LogP contribution in [0.5, 0.6) is 0 Å². The smallest absolute Gasteiger partial charge is 0.332 e. The summed E-state index contributed by atoms with van der Waals surface area (Å²) >= 11 is 0. The van der Waals surface area contributed by atoms with Crippen molar-refractivity contribution < 1.29 is 19.1 Å². The summed E-state index contributed by atoms with van der Waals surface area (Å²) in [6, 6.07) is 0. The van der Waals surface area contributed by atoms with Gasteiger partial charge >= 0.3 is 5.97 Å². The molecule has 15 heavy (non-hydrogen) atoms. The summed E-state index contributed by atoms with van der Waals surface area (Å²) in [5.74, 6) is -0.697. The fraction of sp³-hybridized carbons (Fsp3) is 0.818. The number of carbonyl (C=O) groups excluding carboxylic acids is 2. The zero-order valence-electron chi connectivity index (χ0n) is 10.1. The van der Waals surface area contributed by atoms with Gasteiger partial charge in [-0.15, -0.1) is 0 Å². The highest BCUT2D eigenvalue weighted by Crippen LogP contribution is 2.03. The molecule has 0 aliphatic carbocycles. The van der Waals surface area contributed by atoms with Crippen LogP contribution < -0.4 is 0 Å². The minimum atomic E-state index is -0.687. The van der Waals surface area contributed by atoms with Gasteiger partial charge in [0.25, 0.3) is 0 Å². The third-order valence-electron chi connectivity index (χ3n) is 1.81. The first-order valence-corrected chi connectivity index (χ1v) is 5.19. The second-order valence-electron chi connectivity index (χ2n) is 4.05. The maximum absolute atomic E-state index is 11.4. The van der Waals surface area contributed by atoms with Crippen molar-refractivity contribution in [3.63, 3.8) is 0 Å². The number of rotatable bonds is 6. The van der Waals surface area contributed by atoms with Crippen molar-refractivity contribution in [2.45, 2.75) is 46.8 Å². The van der Waals surface area contributed by atoms with E-state index >= 15 is 0 Å². The highest BCUT2D eigenvalue weighted by Gasteiger charge is 2.20. The van der Waals surface area contributed by atoms with Crippen LogP contribution in [0, 0.1) is 5.92 Å². The Morgan fingerprint density at radius 3 is 2.00 bits per heavy atom. The van der Waals surface area contributed by atoms with Crippen molar-refractivity contribution in [2.75, 3.05) is 6.61 Å². The standard InChI is InChI=1S/C11H20O4/c1-7(2)11(13)9(5)15-10(12)6-14-8(3)4/h7-9H,6H2,1-5H3. The van der Waals surface area contributed by atoms with Crippen molar-refractivity contribution in [1.29, 1.82) is 0 Å². The number of ether oxygens (including phenoxy) is 2. The first kappa shape index (κ1) is 14.1. The molecule has 0 saturated carbocycles. The van der Waals surface area contributed by atoms with Gasteiger partial charge in [0, 0.05) is 5.92 Å². The molecule has 0 aliphatic rings. The highest BCUT2D eigenvalue weighted by molar-refractivity contribution is 5.86. The first-order chi connectivity index (χ1) is 6.84. The van der Waals surface area contributed by atoms with E-state index in [0.717, 1.165) is 0 Å². The van der Waals surface area contributed by atoms with Gasteiger partial charge in [-0.05, 0) is 20.8 Å². The van der Waals surface area contributed by atoms with E-state index in [0.29, 0.717) is 0 Å². The fourth-order valence-corrected chi connectivity index (χ4v) is 0.993. The summed E-state index contributed by atoms with van der Waals surface area (Å²) in [5, 5.41) is 0. The highest BCUT2D eigenvalue weighted by atomic mass is 16.6. The molecule has 0 spiro atoms.